The first kappa shape index (κ1) is 51.9. The first-order valence-electron chi connectivity index (χ1n) is 20.5. The van der Waals surface area contributed by atoms with E-state index in [1.165, 1.54) is 32.1 Å². The molecule has 0 aromatic rings. The Bertz CT molecular complexity index is 1210. The van der Waals surface area contributed by atoms with Gasteiger partial charge in [0, 0.05) is 12.8 Å². The number of carbonyl (C=O) groups is 3. The molecule has 0 aromatic carbocycles. The van der Waals surface area contributed by atoms with Gasteiger partial charge in [0.15, 0.2) is 6.04 Å². The number of carboxylic acid groups (broad SMARTS) is 1. The lowest BCUT2D eigenvalue weighted by Crippen LogP contribution is -2.43. The first-order chi connectivity index (χ1) is 26.6. The fourth-order valence-electron chi connectivity index (χ4n) is 5.05. The summed E-state index contributed by atoms with van der Waals surface area (Å²) in [6.07, 6.45) is 43.6. The summed E-state index contributed by atoms with van der Waals surface area (Å²) >= 11 is 0. The third kappa shape index (κ3) is 37.6. The maximum absolute atomic E-state index is 12.3. The van der Waals surface area contributed by atoms with Gasteiger partial charge in [-0.1, -0.05) is 132 Å². The predicted molar refractivity (Wildman–Crippen MR) is 221 cm³/mol. The third-order valence-corrected chi connectivity index (χ3v) is 9.18. The Balaban J connectivity index is 4.04. The van der Waals surface area contributed by atoms with Crippen LogP contribution in [0.2, 0.25) is 0 Å². The number of ether oxygens (including phenoxy) is 1. The molecule has 3 atom stereocenters. The highest BCUT2D eigenvalue weighted by Crippen LogP contribution is 2.43. The lowest BCUT2D eigenvalue weighted by molar-refractivity contribution is -0.147. The van der Waals surface area contributed by atoms with Gasteiger partial charge in [0.25, 0.3) is 0 Å². The van der Waals surface area contributed by atoms with Gasteiger partial charge in [-0.2, -0.15) is 0 Å². The molecule has 0 heterocycles. The highest BCUT2D eigenvalue weighted by molar-refractivity contribution is 7.47. The molecule has 0 spiro atoms. The Hall–Kier alpha value is -3.08. The van der Waals surface area contributed by atoms with E-state index < -0.39 is 57.6 Å². The van der Waals surface area contributed by atoms with E-state index >= 15 is 0 Å². The summed E-state index contributed by atoms with van der Waals surface area (Å²) in [5, 5.41) is 21.8. The highest BCUT2D eigenvalue weighted by atomic mass is 31.2. The number of phosphoric acid groups is 1. The van der Waals surface area contributed by atoms with Crippen LogP contribution in [0.5, 0.6) is 0 Å². The molecule has 0 saturated carbocycles. The number of aliphatic hydroxyl groups excluding tert-OH is 1. The van der Waals surface area contributed by atoms with E-state index in [9.17, 15) is 34.1 Å². The minimum absolute atomic E-state index is 0.128. The molecule has 0 aliphatic carbocycles. The van der Waals surface area contributed by atoms with Crippen LogP contribution in [0.15, 0.2) is 72.9 Å². The lowest BCUT2D eigenvalue weighted by Gasteiger charge is -2.18. The normalized spacial score (nSPS) is 14.5. The smallest absolute Gasteiger partial charge is 0.472 e. The predicted octanol–water partition coefficient (Wildman–Crippen LogP) is 10.2. The number of carboxylic acids is 1. The summed E-state index contributed by atoms with van der Waals surface area (Å²) < 4.78 is 26.7. The number of hydrogen-bond acceptors (Lipinski definition) is 8. The van der Waals surface area contributed by atoms with Crippen molar-refractivity contribution in [2.45, 2.75) is 161 Å². The van der Waals surface area contributed by atoms with Crippen molar-refractivity contribution in [3.8, 4) is 0 Å². The fraction of sp³-hybridized carbons (Fsp3) is 0.651. The summed E-state index contributed by atoms with van der Waals surface area (Å²) in [5.41, 5.74) is 0. The largest absolute Gasteiger partial charge is 0.480 e. The Kier molecular flexibility index (Phi) is 35.7. The summed E-state index contributed by atoms with van der Waals surface area (Å²) in [6.45, 7) is 2.38. The summed E-state index contributed by atoms with van der Waals surface area (Å²) in [6, 6.07) is -1.56. The van der Waals surface area contributed by atoms with Gasteiger partial charge in [-0.3, -0.25) is 18.6 Å². The van der Waals surface area contributed by atoms with Crippen LogP contribution in [0.1, 0.15) is 149 Å². The van der Waals surface area contributed by atoms with E-state index in [1.807, 2.05) is 12.2 Å². The van der Waals surface area contributed by atoms with Crippen LogP contribution in [0.3, 0.4) is 0 Å². The van der Waals surface area contributed by atoms with Gasteiger partial charge in [0.05, 0.1) is 13.2 Å². The fourth-order valence-corrected chi connectivity index (χ4v) is 5.82. The summed E-state index contributed by atoms with van der Waals surface area (Å²) in [7, 11) is -4.77. The average Bonchev–Trinajstić information content (AvgIpc) is 3.16. The van der Waals surface area contributed by atoms with Crippen molar-refractivity contribution < 1.29 is 47.8 Å². The molecule has 0 bridgehead atoms. The van der Waals surface area contributed by atoms with Crippen molar-refractivity contribution in [1.29, 1.82) is 0 Å². The highest BCUT2D eigenvalue weighted by Gasteiger charge is 2.28. The topological polar surface area (TPSA) is 169 Å². The van der Waals surface area contributed by atoms with Gasteiger partial charge in [-0.25, -0.2) is 9.36 Å². The number of amides is 1. The number of aliphatic hydroxyl groups is 1. The van der Waals surface area contributed by atoms with Gasteiger partial charge in [0.2, 0.25) is 5.91 Å². The van der Waals surface area contributed by atoms with E-state index in [0.29, 0.717) is 19.3 Å². The second-order valence-electron chi connectivity index (χ2n) is 13.4. The van der Waals surface area contributed by atoms with Crippen LogP contribution in [0, 0.1) is 0 Å². The first-order valence-corrected chi connectivity index (χ1v) is 22.0. The number of phosphoric ester groups is 1. The molecule has 0 radical (unpaired) electrons. The molecular weight excluding hydrogens is 721 g/mol. The average molecular weight is 794 g/mol. The molecule has 0 rings (SSSR count). The van der Waals surface area contributed by atoms with Crippen molar-refractivity contribution in [3.05, 3.63) is 72.9 Å². The summed E-state index contributed by atoms with van der Waals surface area (Å²) in [4.78, 5) is 45.8. The monoisotopic (exact) mass is 793 g/mol. The van der Waals surface area contributed by atoms with Gasteiger partial charge < -0.3 is 25.2 Å². The minimum Gasteiger partial charge on any atom is -0.480 e. The number of esters is 1. The van der Waals surface area contributed by atoms with Crippen LogP contribution in [0.25, 0.3) is 0 Å². The number of rotatable bonds is 37. The van der Waals surface area contributed by atoms with Crippen molar-refractivity contribution in [2.75, 3.05) is 19.8 Å². The van der Waals surface area contributed by atoms with Crippen molar-refractivity contribution >= 4 is 25.7 Å². The Morgan fingerprint density at radius 1 is 0.600 bits per heavy atom. The molecule has 3 unspecified atom stereocenters. The molecule has 0 aliphatic heterocycles. The zero-order valence-corrected chi connectivity index (χ0v) is 34.6. The minimum atomic E-state index is -4.77. The standard InChI is InChI=1S/C43H72NO10P/c1-3-5-7-9-11-13-15-17-19-20-21-23-25-27-29-31-33-35-42(47)52-36-39(45)37-53-55(50,51)54-38-40(43(48)49)44-41(46)34-32-30-28-26-24-22-18-16-14-12-10-8-6-4-2/h5,7,11,13,16-19,21,23,27,29,39-40,45H,3-4,6,8-10,12,14-15,20,22,24-26,28,30-38H2,1-2H3,(H,44,46)(H,48,49)(H,50,51)/b7-5-,13-11-,18-16-,19-17-,23-21-,29-27-. The van der Waals surface area contributed by atoms with Gasteiger partial charge in [-0.15, -0.1) is 0 Å². The Morgan fingerprint density at radius 2 is 1.07 bits per heavy atom. The van der Waals surface area contributed by atoms with Crippen LogP contribution in [0.4, 0.5) is 0 Å². The Labute approximate surface area is 331 Å². The van der Waals surface area contributed by atoms with Crippen LogP contribution >= 0.6 is 7.82 Å². The van der Waals surface area contributed by atoms with Crippen LogP contribution in [-0.2, 0) is 32.7 Å². The quantitative estimate of drug-likeness (QED) is 0.0206. The molecule has 4 N–H and O–H groups in total. The lowest BCUT2D eigenvalue weighted by atomic mass is 10.1. The zero-order chi connectivity index (χ0) is 40.7. The molecule has 11 nitrogen and oxygen atoms in total. The number of hydrogen-bond donors (Lipinski definition) is 4. The maximum atomic E-state index is 12.3. The molecule has 12 heteroatoms. The molecule has 1 amide bonds. The van der Waals surface area contributed by atoms with Crippen molar-refractivity contribution in [1.82, 2.24) is 5.32 Å². The zero-order valence-electron chi connectivity index (χ0n) is 33.7. The van der Waals surface area contributed by atoms with E-state index in [1.54, 1.807) is 0 Å². The molecular formula is C43H72NO10P. The van der Waals surface area contributed by atoms with Crippen LogP contribution in [-0.4, -0.2) is 64.9 Å². The molecule has 0 fully saturated rings. The summed E-state index contributed by atoms with van der Waals surface area (Å²) in [5.74, 6) is -2.46. The van der Waals surface area contributed by atoms with E-state index in [4.69, 9.17) is 13.8 Å². The third-order valence-electron chi connectivity index (χ3n) is 8.23. The molecule has 0 aromatic heterocycles. The molecule has 55 heavy (non-hydrogen) atoms. The van der Waals surface area contributed by atoms with Crippen molar-refractivity contribution in [3.63, 3.8) is 0 Å². The number of nitrogens with one attached hydrogen (secondary N) is 1. The number of allylic oxidation sites excluding steroid dienone is 12. The second kappa shape index (κ2) is 37.8. The molecule has 0 aliphatic rings. The second-order valence-corrected chi connectivity index (χ2v) is 14.9. The maximum Gasteiger partial charge on any atom is 0.472 e. The van der Waals surface area contributed by atoms with E-state index in [-0.39, 0.29) is 12.8 Å². The van der Waals surface area contributed by atoms with Gasteiger partial charge in [-0.05, 0) is 77.0 Å². The van der Waals surface area contributed by atoms with Crippen LogP contribution < -0.4 is 5.32 Å². The Morgan fingerprint density at radius 3 is 1.64 bits per heavy atom. The number of carbonyl (C=O) groups excluding carboxylic acids is 2. The SMILES string of the molecule is CC/C=C\C/C=C\C/C=C\C/C=C\C/C=C\CCCC(=O)OCC(O)COP(=O)(O)OCC(NC(=O)CCCCCCC/C=C\CCCCCCC)C(=O)O. The van der Waals surface area contributed by atoms with E-state index in [0.717, 1.165) is 70.6 Å². The number of unbranched alkanes of at least 4 members (excludes halogenated alkanes) is 11. The van der Waals surface area contributed by atoms with Gasteiger partial charge >= 0.3 is 19.8 Å². The van der Waals surface area contributed by atoms with Crippen molar-refractivity contribution in [2.24, 2.45) is 0 Å². The molecule has 314 valence electrons. The van der Waals surface area contributed by atoms with E-state index in [2.05, 4.69) is 79.9 Å². The number of aliphatic carboxylic acids is 1. The molecule has 0 saturated heterocycles. The van der Waals surface area contributed by atoms with Gasteiger partial charge in [0.1, 0.15) is 12.7 Å².